The Morgan fingerprint density at radius 1 is 1.50 bits per heavy atom. The molecule has 0 aliphatic rings. The van der Waals surface area contributed by atoms with Gasteiger partial charge in [-0.3, -0.25) is 0 Å². The number of methoxy groups -OCH3 is 1. The van der Waals surface area contributed by atoms with Gasteiger partial charge in [0.25, 0.3) is 0 Å². The fraction of sp³-hybridized carbons (Fsp3) is 0.455. The van der Waals surface area contributed by atoms with Crippen molar-refractivity contribution in [2.45, 2.75) is 26.4 Å². The van der Waals surface area contributed by atoms with Crippen LogP contribution in [0.3, 0.4) is 0 Å². The molecule has 78 valence electrons. The Hall–Kier alpha value is -0.540. The van der Waals surface area contributed by atoms with Gasteiger partial charge in [0.2, 0.25) is 0 Å². The fourth-order valence-electron chi connectivity index (χ4n) is 1.44. The molecule has 0 amide bonds. The number of hydrogen-bond donors (Lipinski definition) is 1. The second-order valence-electron chi connectivity index (χ2n) is 3.41. The van der Waals surface area contributed by atoms with E-state index < -0.39 is 0 Å². The summed E-state index contributed by atoms with van der Waals surface area (Å²) in [6, 6.07) is 3.87. The normalized spacial score (nSPS) is 12.6. The van der Waals surface area contributed by atoms with Gasteiger partial charge in [-0.2, -0.15) is 0 Å². The molecular weight excluding hydrogens is 244 g/mol. The molecule has 1 rings (SSSR count). The summed E-state index contributed by atoms with van der Waals surface area (Å²) in [5.41, 5.74) is 2.20. The van der Waals surface area contributed by atoms with Crippen LogP contribution in [0.2, 0.25) is 0 Å². The third kappa shape index (κ3) is 2.49. The van der Waals surface area contributed by atoms with Crippen LogP contribution < -0.4 is 4.74 Å². The summed E-state index contributed by atoms with van der Waals surface area (Å²) < 4.78 is 6.30. The predicted octanol–water partition coefficient (Wildman–Crippen LogP) is 2.69. The lowest BCUT2D eigenvalue weighted by atomic mass is 10.0. The predicted molar refractivity (Wildman–Crippen MR) is 60.8 cm³/mol. The van der Waals surface area contributed by atoms with Gasteiger partial charge in [0.1, 0.15) is 5.75 Å². The average molecular weight is 259 g/mol. The lowest BCUT2D eigenvalue weighted by Crippen LogP contribution is -2.07. The van der Waals surface area contributed by atoms with Crippen LogP contribution in [0, 0.1) is 6.92 Å². The van der Waals surface area contributed by atoms with Crippen molar-refractivity contribution in [1.82, 2.24) is 0 Å². The quantitative estimate of drug-likeness (QED) is 0.904. The number of halogens is 1. The van der Waals surface area contributed by atoms with Crippen molar-refractivity contribution in [3.05, 3.63) is 27.7 Å². The third-order valence-corrected chi connectivity index (χ3v) is 3.07. The summed E-state index contributed by atoms with van der Waals surface area (Å²) in [7, 11) is 1.65. The average Bonchev–Trinajstić information content (AvgIpc) is 2.13. The van der Waals surface area contributed by atoms with E-state index in [-0.39, 0.29) is 6.10 Å². The van der Waals surface area contributed by atoms with Crippen LogP contribution in [0.5, 0.6) is 5.75 Å². The minimum atomic E-state index is -0.350. The number of benzene rings is 1. The molecule has 2 nitrogen and oxygen atoms in total. The van der Waals surface area contributed by atoms with E-state index in [1.807, 2.05) is 19.1 Å². The largest absolute Gasteiger partial charge is 0.496 e. The summed E-state index contributed by atoms with van der Waals surface area (Å²) in [5.74, 6) is 0.839. The first-order valence-corrected chi connectivity index (χ1v) is 5.35. The van der Waals surface area contributed by atoms with Crippen LogP contribution in [0.1, 0.15) is 18.1 Å². The Labute approximate surface area is 93.0 Å². The summed E-state index contributed by atoms with van der Waals surface area (Å²) in [5, 5.41) is 9.37. The Morgan fingerprint density at radius 2 is 2.14 bits per heavy atom. The second kappa shape index (κ2) is 4.80. The van der Waals surface area contributed by atoms with E-state index in [0.29, 0.717) is 6.42 Å². The monoisotopic (exact) mass is 258 g/mol. The molecule has 0 fully saturated rings. The zero-order chi connectivity index (χ0) is 10.7. The number of ether oxygens (including phenoxy) is 1. The minimum Gasteiger partial charge on any atom is -0.496 e. The van der Waals surface area contributed by atoms with Gasteiger partial charge < -0.3 is 9.84 Å². The Bertz CT molecular complexity index is 321. The lowest BCUT2D eigenvalue weighted by molar-refractivity contribution is 0.194. The SMILES string of the molecule is COc1ccc(Br)c(C)c1CC(C)O. The molecule has 0 saturated heterocycles. The first-order chi connectivity index (χ1) is 6.56. The maximum absolute atomic E-state index is 9.37. The zero-order valence-electron chi connectivity index (χ0n) is 8.67. The van der Waals surface area contributed by atoms with Crippen molar-refractivity contribution in [3.63, 3.8) is 0 Å². The van der Waals surface area contributed by atoms with Crippen LogP contribution in [-0.4, -0.2) is 18.3 Å². The van der Waals surface area contributed by atoms with E-state index in [1.165, 1.54) is 0 Å². The Kier molecular flexibility index (Phi) is 3.96. The van der Waals surface area contributed by atoms with Crippen molar-refractivity contribution >= 4 is 15.9 Å². The van der Waals surface area contributed by atoms with Crippen LogP contribution in [0.25, 0.3) is 0 Å². The Morgan fingerprint density at radius 3 is 2.64 bits per heavy atom. The van der Waals surface area contributed by atoms with Gasteiger partial charge in [-0.1, -0.05) is 15.9 Å². The molecule has 1 atom stereocenters. The van der Waals surface area contributed by atoms with E-state index in [1.54, 1.807) is 14.0 Å². The molecule has 1 aromatic rings. The third-order valence-electron chi connectivity index (χ3n) is 2.21. The highest BCUT2D eigenvalue weighted by Crippen LogP contribution is 2.29. The molecule has 14 heavy (non-hydrogen) atoms. The molecule has 0 radical (unpaired) electrons. The van der Waals surface area contributed by atoms with Gasteiger partial charge in [-0.15, -0.1) is 0 Å². The Balaban J connectivity index is 3.14. The number of aliphatic hydroxyl groups excluding tert-OH is 1. The highest BCUT2D eigenvalue weighted by Gasteiger charge is 2.11. The molecule has 3 heteroatoms. The number of aliphatic hydroxyl groups is 1. The van der Waals surface area contributed by atoms with E-state index in [0.717, 1.165) is 21.3 Å². The van der Waals surface area contributed by atoms with Crippen molar-refractivity contribution in [2.75, 3.05) is 7.11 Å². The molecule has 0 aliphatic heterocycles. The van der Waals surface area contributed by atoms with Crippen LogP contribution in [0.4, 0.5) is 0 Å². The van der Waals surface area contributed by atoms with Gasteiger partial charge >= 0.3 is 0 Å². The standard InChI is InChI=1S/C11H15BrO2/c1-7(13)6-9-8(2)10(12)4-5-11(9)14-3/h4-5,7,13H,6H2,1-3H3. The summed E-state index contributed by atoms with van der Waals surface area (Å²) in [6.45, 7) is 3.80. The van der Waals surface area contributed by atoms with Gasteiger partial charge in [0, 0.05) is 16.5 Å². The van der Waals surface area contributed by atoms with Gasteiger partial charge in [-0.25, -0.2) is 0 Å². The molecule has 1 N–H and O–H groups in total. The first-order valence-electron chi connectivity index (χ1n) is 4.56. The molecule has 0 heterocycles. The highest BCUT2D eigenvalue weighted by atomic mass is 79.9. The van der Waals surface area contributed by atoms with Crippen LogP contribution in [0.15, 0.2) is 16.6 Å². The van der Waals surface area contributed by atoms with Crippen LogP contribution in [-0.2, 0) is 6.42 Å². The lowest BCUT2D eigenvalue weighted by Gasteiger charge is -2.14. The molecule has 0 aliphatic carbocycles. The topological polar surface area (TPSA) is 29.5 Å². The number of rotatable bonds is 3. The zero-order valence-corrected chi connectivity index (χ0v) is 10.3. The maximum Gasteiger partial charge on any atom is 0.122 e. The van der Waals surface area contributed by atoms with Crippen molar-refractivity contribution in [3.8, 4) is 5.75 Å². The maximum atomic E-state index is 9.37. The van der Waals surface area contributed by atoms with E-state index in [2.05, 4.69) is 15.9 Å². The van der Waals surface area contributed by atoms with E-state index >= 15 is 0 Å². The first kappa shape index (κ1) is 11.5. The molecule has 1 unspecified atom stereocenters. The summed E-state index contributed by atoms with van der Waals surface area (Å²) in [4.78, 5) is 0. The molecule has 0 saturated carbocycles. The summed E-state index contributed by atoms with van der Waals surface area (Å²) in [6.07, 6.45) is 0.269. The van der Waals surface area contributed by atoms with Crippen molar-refractivity contribution in [1.29, 1.82) is 0 Å². The van der Waals surface area contributed by atoms with E-state index in [4.69, 9.17) is 4.74 Å². The van der Waals surface area contributed by atoms with Gasteiger partial charge in [0.05, 0.1) is 13.2 Å². The van der Waals surface area contributed by atoms with Crippen molar-refractivity contribution < 1.29 is 9.84 Å². The second-order valence-corrected chi connectivity index (χ2v) is 4.26. The fourth-order valence-corrected chi connectivity index (χ4v) is 1.82. The highest BCUT2D eigenvalue weighted by molar-refractivity contribution is 9.10. The smallest absolute Gasteiger partial charge is 0.122 e. The summed E-state index contributed by atoms with van der Waals surface area (Å²) >= 11 is 3.46. The van der Waals surface area contributed by atoms with Crippen LogP contribution >= 0.6 is 15.9 Å². The molecule has 0 bridgehead atoms. The molecular formula is C11H15BrO2. The molecule has 0 aromatic heterocycles. The van der Waals surface area contributed by atoms with Gasteiger partial charge in [0.15, 0.2) is 0 Å². The molecule has 1 aromatic carbocycles. The van der Waals surface area contributed by atoms with E-state index in [9.17, 15) is 5.11 Å². The minimum absolute atomic E-state index is 0.350. The van der Waals surface area contributed by atoms with Crippen molar-refractivity contribution in [2.24, 2.45) is 0 Å². The number of hydrogen-bond acceptors (Lipinski definition) is 2. The van der Waals surface area contributed by atoms with Gasteiger partial charge in [-0.05, 0) is 31.5 Å². The molecule has 0 spiro atoms.